The smallest absolute Gasteiger partial charge is 0.239 e. The maximum atomic E-state index is 11.6. The molecule has 1 rings (SSSR count). The molecule has 1 amide bonds. The molecule has 0 aliphatic carbocycles. The SMILES string of the molecule is CCS(=O)(=O)NCC(=O)Nc1ccc(OC(C)C)cc1. The van der Waals surface area contributed by atoms with E-state index >= 15 is 0 Å². The lowest BCUT2D eigenvalue weighted by atomic mass is 10.3. The molecular formula is C13H20N2O4S. The fourth-order valence-corrected chi connectivity index (χ4v) is 1.93. The van der Waals surface area contributed by atoms with Gasteiger partial charge in [-0.3, -0.25) is 4.79 Å². The van der Waals surface area contributed by atoms with Gasteiger partial charge in [-0.1, -0.05) is 0 Å². The van der Waals surface area contributed by atoms with E-state index in [-0.39, 0.29) is 18.4 Å². The molecule has 1 aromatic carbocycles. The van der Waals surface area contributed by atoms with Gasteiger partial charge in [0.2, 0.25) is 15.9 Å². The molecule has 0 unspecified atom stereocenters. The second-order valence-electron chi connectivity index (χ2n) is 4.46. The number of sulfonamides is 1. The molecule has 0 spiro atoms. The number of ether oxygens (including phenoxy) is 1. The van der Waals surface area contributed by atoms with E-state index in [1.54, 1.807) is 24.3 Å². The van der Waals surface area contributed by atoms with Gasteiger partial charge in [0.1, 0.15) is 5.75 Å². The highest BCUT2D eigenvalue weighted by atomic mass is 32.2. The minimum atomic E-state index is -3.36. The van der Waals surface area contributed by atoms with E-state index in [1.165, 1.54) is 6.92 Å². The van der Waals surface area contributed by atoms with Gasteiger partial charge in [-0.25, -0.2) is 13.1 Å². The zero-order chi connectivity index (χ0) is 15.2. The molecule has 6 nitrogen and oxygen atoms in total. The van der Waals surface area contributed by atoms with Crippen LogP contribution in [0.5, 0.6) is 5.75 Å². The van der Waals surface area contributed by atoms with Gasteiger partial charge < -0.3 is 10.1 Å². The van der Waals surface area contributed by atoms with Crippen molar-refractivity contribution < 1.29 is 17.9 Å². The van der Waals surface area contributed by atoms with Crippen molar-refractivity contribution in [2.75, 3.05) is 17.6 Å². The summed E-state index contributed by atoms with van der Waals surface area (Å²) in [6.45, 7) is 5.08. The summed E-state index contributed by atoms with van der Waals surface area (Å²) < 4.78 is 30.1. The average molecular weight is 300 g/mol. The summed E-state index contributed by atoms with van der Waals surface area (Å²) in [7, 11) is -3.36. The molecule has 0 atom stereocenters. The van der Waals surface area contributed by atoms with Gasteiger partial charge in [0.15, 0.2) is 0 Å². The van der Waals surface area contributed by atoms with Crippen molar-refractivity contribution in [3.05, 3.63) is 24.3 Å². The Morgan fingerprint density at radius 3 is 2.35 bits per heavy atom. The first-order chi connectivity index (χ1) is 9.32. The highest BCUT2D eigenvalue weighted by Gasteiger charge is 2.09. The molecule has 0 fully saturated rings. The monoisotopic (exact) mass is 300 g/mol. The van der Waals surface area contributed by atoms with E-state index in [0.717, 1.165) is 0 Å². The summed E-state index contributed by atoms with van der Waals surface area (Å²) in [5.74, 6) is 0.242. The average Bonchev–Trinajstić information content (AvgIpc) is 2.38. The van der Waals surface area contributed by atoms with E-state index in [4.69, 9.17) is 4.74 Å². The Balaban J connectivity index is 2.50. The third kappa shape index (κ3) is 6.03. The van der Waals surface area contributed by atoms with Crippen molar-refractivity contribution in [3.8, 4) is 5.75 Å². The number of rotatable bonds is 7. The van der Waals surface area contributed by atoms with Crippen molar-refractivity contribution in [1.29, 1.82) is 0 Å². The topological polar surface area (TPSA) is 84.5 Å². The largest absolute Gasteiger partial charge is 0.491 e. The van der Waals surface area contributed by atoms with Crippen LogP contribution < -0.4 is 14.8 Å². The van der Waals surface area contributed by atoms with Crippen LogP contribution in [-0.4, -0.2) is 32.7 Å². The van der Waals surface area contributed by atoms with E-state index < -0.39 is 15.9 Å². The molecule has 0 radical (unpaired) electrons. The lowest BCUT2D eigenvalue weighted by Gasteiger charge is -2.10. The summed E-state index contributed by atoms with van der Waals surface area (Å²) in [6, 6.07) is 6.88. The molecule has 1 aromatic rings. The zero-order valence-corrected chi connectivity index (χ0v) is 12.7. The number of anilines is 1. The molecule has 20 heavy (non-hydrogen) atoms. The van der Waals surface area contributed by atoms with Crippen LogP contribution in [0.3, 0.4) is 0 Å². The van der Waals surface area contributed by atoms with Crippen LogP contribution in [0.25, 0.3) is 0 Å². The van der Waals surface area contributed by atoms with Crippen molar-refractivity contribution in [3.63, 3.8) is 0 Å². The summed E-state index contributed by atoms with van der Waals surface area (Å²) >= 11 is 0. The first kappa shape index (κ1) is 16.5. The van der Waals surface area contributed by atoms with Gasteiger partial charge in [-0.2, -0.15) is 0 Å². The van der Waals surface area contributed by atoms with Crippen LogP contribution in [0.1, 0.15) is 20.8 Å². The Labute approximate surface area is 119 Å². The molecule has 7 heteroatoms. The fraction of sp³-hybridized carbons (Fsp3) is 0.462. The Hall–Kier alpha value is -1.60. The number of carbonyl (C=O) groups is 1. The van der Waals surface area contributed by atoms with Crippen molar-refractivity contribution in [2.24, 2.45) is 0 Å². The maximum Gasteiger partial charge on any atom is 0.239 e. The van der Waals surface area contributed by atoms with Crippen LogP contribution in [0.2, 0.25) is 0 Å². The number of benzene rings is 1. The number of carbonyl (C=O) groups excluding carboxylic acids is 1. The quantitative estimate of drug-likeness (QED) is 0.796. The first-order valence-electron chi connectivity index (χ1n) is 6.36. The van der Waals surface area contributed by atoms with Gasteiger partial charge in [0.25, 0.3) is 0 Å². The minimum absolute atomic E-state index is 0.0540. The highest BCUT2D eigenvalue weighted by molar-refractivity contribution is 7.89. The lowest BCUT2D eigenvalue weighted by molar-refractivity contribution is -0.115. The fourth-order valence-electron chi connectivity index (χ4n) is 1.37. The predicted octanol–water partition coefficient (Wildman–Crippen LogP) is 1.35. The molecule has 0 aromatic heterocycles. The number of hydrogen-bond acceptors (Lipinski definition) is 4. The molecular weight excluding hydrogens is 280 g/mol. The third-order valence-electron chi connectivity index (χ3n) is 2.34. The summed E-state index contributed by atoms with van der Waals surface area (Å²) in [5, 5.41) is 2.60. The zero-order valence-electron chi connectivity index (χ0n) is 11.8. The van der Waals surface area contributed by atoms with Crippen LogP contribution >= 0.6 is 0 Å². The van der Waals surface area contributed by atoms with Gasteiger partial charge in [0, 0.05) is 5.69 Å². The van der Waals surface area contributed by atoms with Gasteiger partial charge in [0.05, 0.1) is 18.4 Å². The number of nitrogens with one attached hydrogen (secondary N) is 2. The normalized spacial score (nSPS) is 11.4. The first-order valence-corrected chi connectivity index (χ1v) is 8.01. The molecule has 0 saturated heterocycles. The molecule has 0 aliphatic heterocycles. The van der Waals surface area contributed by atoms with Gasteiger partial charge in [-0.15, -0.1) is 0 Å². The van der Waals surface area contributed by atoms with Crippen LogP contribution in [0.4, 0.5) is 5.69 Å². The third-order valence-corrected chi connectivity index (χ3v) is 3.69. The van der Waals surface area contributed by atoms with Crippen LogP contribution in [0.15, 0.2) is 24.3 Å². The molecule has 0 bridgehead atoms. The molecule has 0 heterocycles. The lowest BCUT2D eigenvalue weighted by Crippen LogP contribution is -2.33. The van der Waals surface area contributed by atoms with Crippen molar-refractivity contribution in [2.45, 2.75) is 26.9 Å². The second-order valence-corrected chi connectivity index (χ2v) is 6.56. The van der Waals surface area contributed by atoms with Crippen molar-refractivity contribution >= 4 is 21.6 Å². The molecule has 112 valence electrons. The van der Waals surface area contributed by atoms with E-state index in [2.05, 4.69) is 10.0 Å². The summed E-state index contributed by atoms with van der Waals surface area (Å²) in [4.78, 5) is 11.6. The second kappa shape index (κ2) is 7.25. The Morgan fingerprint density at radius 2 is 1.85 bits per heavy atom. The Bertz CT molecular complexity index is 538. The minimum Gasteiger partial charge on any atom is -0.491 e. The van der Waals surface area contributed by atoms with E-state index in [1.807, 2.05) is 13.8 Å². The molecule has 2 N–H and O–H groups in total. The molecule has 0 saturated carbocycles. The van der Waals surface area contributed by atoms with Gasteiger partial charge >= 0.3 is 0 Å². The predicted molar refractivity (Wildman–Crippen MR) is 78.3 cm³/mol. The maximum absolute atomic E-state index is 11.6. The van der Waals surface area contributed by atoms with E-state index in [9.17, 15) is 13.2 Å². The van der Waals surface area contributed by atoms with Crippen molar-refractivity contribution in [1.82, 2.24) is 4.72 Å². The number of amides is 1. The Morgan fingerprint density at radius 1 is 1.25 bits per heavy atom. The van der Waals surface area contributed by atoms with E-state index in [0.29, 0.717) is 11.4 Å². The Kier molecular flexibility index (Phi) is 5.97. The molecule has 0 aliphatic rings. The van der Waals surface area contributed by atoms with Crippen LogP contribution in [0, 0.1) is 0 Å². The standard InChI is InChI=1S/C13H20N2O4S/c1-4-20(17,18)14-9-13(16)15-11-5-7-12(8-6-11)19-10(2)3/h5-8,10,14H,4,9H2,1-3H3,(H,15,16). The number of hydrogen-bond donors (Lipinski definition) is 2. The highest BCUT2D eigenvalue weighted by Crippen LogP contribution is 2.16. The van der Waals surface area contributed by atoms with Crippen LogP contribution in [-0.2, 0) is 14.8 Å². The summed E-state index contributed by atoms with van der Waals surface area (Å²) in [5.41, 5.74) is 0.585. The van der Waals surface area contributed by atoms with Gasteiger partial charge in [-0.05, 0) is 45.0 Å². The summed E-state index contributed by atoms with van der Waals surface area (Å²) in [6.07, 6.45) is 0.0823.